The van der Waals surface area contributed by atoms with Gasteiger partial charge in [-0.15, -0.1) is 0 Å². The summed E-state index contributed by atoms with van der Waals surface area (Å²) in [4.78, 5) is 26.7. The van der Waals surface area contributed by atoms with Crippen LogP contribution in [-0.4, -0.2) is 34.2 Å². The Morgan fingerprint density at radius 3 is 2.74 bits per heavy atom. The van der Waals surface area contributed by atoms with Crippen LogP contribution >= 0.6 is 0 Å². The fourth-order valence-electron chi connectivity index (χ4n) is 2.05. The van der Waals surface area contributed by atoms with Gasteiger partial charge >= 0.3 is 12.0 Å². The number of carbonyl (C=O) groups is 2. The van der Waals surface area contributed by atoms with Crippen LogP contribution in [0.15, 0.2) is 24.5 Å². The number of aromatic nitrogens is 1. The topological polar surface area (TPSA) is 91.3 Å². The van der Waals surface area contributed by atoms with E-state index in [0.29, 0.717) is 25.8 Å². The minimum atomic E-state index is -1.06. The number of carboxylic acid groups (broad SMARTS) is 1. The van der Waals surface area contributed by atoms with E-state index in [1.807, 2.05) is 12.1 Å². The maximum absolute atomic E-state index is 11.6. The highest BCUT2D eigenvalue weighted by Gasteiger charge is 2.45. The van der Waals surface area contributed by atoms with Crippen molar-refractivity contribution in [2.45, 2.75) is 31.2 Å². The molecule has 1 fully saturated rings. The van der Waals surface area contributed by atoms with Crippen LogP contribution in [0.3, 0.4) is 0 Å². The highest BCUT2D eigenvalue weighted by atomic mass is 16.4. The molecule has 0 spiro atoms. The lowest BCUT2D eigenvalue weighted by Gasteiger charge is -2.38. The standard InChI is InChI=1S/C13H17N3O3/c17-11(18)13(5-2-6-13)16-12(19)15-8-4-10-3-1-7-14-9-10/h1,3,7,9H,2,4-6,8H2,(H,17,18)(H2,15,16,19). The van der Waals surface area contributed by atoms with E-state index in [-0.39, 0.29) is 0 Å². The number of aliphatic carboxylic acids is 1. The fourth-order valence-corrected chi connectivity index (χ4v) is 2.05. The monoisotopic (exact) mass is 263 g/mol. The van der Waals surface area contributed by atoms with Gasteiger partial charge in [0.05, 0.1) is 0 Å². The molecule has 6 heteroatoms. The quantitative estimate of drug-likeness (QED) is 0.737. The van der Waals surface area contributed by atoms with Crippen LogP contribution in [-0.2, 0) is 11.2 Å². The van der Waals surface area contributed by atoms with Crippen LogP contribution in [0.25, 0.3) is 0 Å². The van der Waals surface area contributed by atoms with Gasteiger partial charge in [-0.2, -0.15) is 0 Å². The van der Waals surface area contributed by atoms with Gasteiger partial charge in [-0.25, -0.2) is 9.59 Å². The van der Waals surface area contributed by atoms with Gasteiger partial charge in [-0.05, 0) is 37.3 Å². The molecule has 1 aromatic rings. The number of nitrogens with one attached hydrogen (secondary N) is 2. The maximum atomic E-state index is 11.6. The third-order valence-corrected chi connectivity index (χ3v) is 3.39. The van der Waals surface area contributed by atoms with Crippen molar-refractivity contribution in [1.29, 1.82) is 0 Å². The van der Waals surface area contributed by atoms with Crippen LogP contribution in [0.5, 0.6) is 0 Å². The smallest absolute Gasteiger partial charge is 0.329 e. The number of hydrogen-bond donors (Lipinski definition) is 3. The van der Waals surface area contributed by atoms with E-state index in [1.54, 1.807) is 12.4 Å². The van der Waals surface area contributed by atoms with Crippen molar-refractivity contribution in [2.75, 3.05) is 6.54 Å². The van der Waals surface area contributed by atoms with Gasteiger partial charge < -0.3 is 15.7 Å². The van der Waals surface area contributed by atoms with Crippen molar-refractivity contribution in [3.05, 3.63) is 30.1 Å². The van der Waals surface area contributed by atoms with Gasteiger partial charge in [-0.3, -0.25) is 4.98 Å². The normalized spacial score (nSPS) is 16.2. The Balaban J connectivity index is 1.74. The van der Waals surface area contributed by atoms with Crippen molar-refractivity contribution < 1.29 is 14.7 Å². The summed E-state index contributed by atoms with van der Waals surface area (Å²) in [6, 6.07) is 3.34. The predicted molar refractivity (Wildman–Crippen MR) is 68.7 cm³/mol. The first-order chi connectivity index (χ1) is 9.12. The SMILES string of the molecule is O=C(NCCc1cccnc1)NC1(C(=O)O)CCC1. The van der Waals surface area contributed by atoms with Gasteiger partial charge in [-0.1, -0.05) is 6.07 Å². The Bertz CT molecular complexity index is 457. The van der Waals surface area contributed by atoms with E-state index in [1.165, 1.54) is 0 Å². The van der Waals surface area contributed by atoms with Crippen LogP contribution < -0.4 is 10.6 Å². The Hall–Kier alpha value is -2.11. The largest absolute Gasteiger partial charge is 0.480 e. The number of rotatable bonds is 5. The van der Waals surface area contributed by atoms with Crippen LogP contribution in [0.2, 0.25) is 0 Å². The number of hydrogen-bond acceptors (Lipinski definition) is 3. The van der Waals surface area contributed by atoms with E-state index >= 15 is 0 Å². The number of nitrogens with zero attached hydrogens (tertiary/aromatic N) is 1. The average molecular weight is 263 g/mol. The van der Waals surface area contributed by atoms with Crippen LogP contribution in [0.4, 0.5) is 4.79 Å². The highest BCUT2D eigenvalue weighted by Crippen LogP contribution is 2.31. The molecule has 1 aromatic heterocycles. The molecule has 2 amide bonds. The summed E-state index contributed by atoms with van der Waals surface area (Å²) >= 11 is 0. The second kappa shape index (κ2) is 5.69. The Labute approximate surface area is 111 Å². The third kappa shape index (κ3) is 3.21. The zero-order valence-electron chi connectivity index (χ0n) is 10.6. The Kier molecular flexibility index (Phi) is 3.99. The zero-order chi connectivity index (χ0) is 13.7. The van der Waals surface area contributed by atoms with E-state index in [4.69, 9.17) is 5.11 Å². The predicted octanol–water partition coefficient (Wildman–Crippen LogP) is 0.931. The number of pyridine rings is 1. The van der Waals surface area contributed by atoms with Crippen molar-refractivity contribution in [3.63, 3.8) is 0 Å². The summed E-state index contributed by atoms with van der Waals surface area (Å²) < 4.78 is 0. The summed E-state index contributed by atoms with van der Waals surface area (Å²) in [5.74, 6) is -0.957. The number of amides is 2. The molecule has 0 aromatic carbocycles. The Morgan fingerprint density at radius 2 is 2.21 bits per heavy atom. The summed E-state index contributed by atoms with van der Waals surface area (Å²) in [6.45, 7) is 0.452. The van der Waals surface area contributed by atoms with Crippen molar-refractivity contribution in [1.82, 2.24) is 15.6 Å². The third-order valence-electron chi connectivity index (χ3n) is 3.39. The van der Waals surface area contributed by atoms with Crippen LogP contribution in [0, 0.1) is 0 Å². The second-order valence-corrected chi connectivity index (χ2v) is 4.73. The van der Waals surface area contributed by atoms with Gasteiger partial charge in [0, 0.05) is 18.9 Å². The molecule has 19 heavy (non-hydrogen) atoms. The number of carboxylic acids is 1. The molecule has 0 radical (unpaired) electrons. The van der Waals surface area contributed by atoms with Gasteiger partial charge in [0.15, 0.2) is 0 Å². The highest BCUT2D eigenvalue weighted by molar-refractivity contribution is 5.87. The molecule has 0 unspecified atom stereocenters. The first kappa shape index (κ1) is 13.3. The first-order valence-electron chi connectivity index (χ1n) is 6.31. The van der Waals surface area contributed by atoms with Crippen LogP contribution in [0.1, 0.15) is 24.8 Å². The summed E-state index contributed by atoms with van der Waals surface area (Å²) in [6.07, 6.45) is 5.93. The molecular weight excluding hydrogens is 246 g/mol. The second-order valence-electron chi connectivity index (χ2n) is 4.73. The number of urea groups is 1. The molecule has 1 saturated carbocycles. The lowest BCUT2D eigenvalue weighted by Crippen LogP contribution is -2.61. The molecule has 0 saturated heterocycles. The van der Waals surface area contributed by atoms with E-state index in [2.05, 4.69) is 15.6 Å². The summed E-state index contributed by atoms with van der Waals surface area (Å²) in [5.41, 5.74) is -0.0299. The average Bonchev–Trinajstić information content (AvgIpc) is 2.34. The van der Waals surface area contributed by atoms with E-state index in [0.717, 1.165) is 12.0 Å². The minimum Gasteiger partial charge on any atom is -0.480 e. The van der Waals surface area contributed by atoms with Crippen molar-refractivity contribution in [2.24, 2.45) is 0 Å². The molecule has 0 atom stereocenters. The minimum absolute atomic E-state index is 0.425. The molecule has 3 N–H and O–H groups in total. The van der Waals surface area contributed by atoms with Gasteiger partial charge in [0.2, 0.25) is 0 Å². The fraction of sp³-hybridized carbons (Fsp3) is 0.462. The summed E-state index contributed by atoms with van der Waals surface area (Å²) in [5, 5.41) is 14.3. The van der Waals surface area contributed by atoms with Crippen molar-refractivity contribution in [3.8, 4) is 0 Å². The van der Waals surface area contributed by atoms with Gasteiger partial charge in [0.25, 0.3) is 0 Å². The number of carbonyl (C=O) groups excluding carboxylic acids is 1. The molecule has 6 nitrogen and oxygen atoms in total. The molecule has 1 aliphatic rings. The molecule has 1 heterocycles. The molecule has 0 bridgehead atoms. The zero-order valence-corrected chi connectivity index (χ0v) is 10.6. The van der Waals surface area contributed by atoms with Crippen molar-refractivity contribution >= 4 is 12.0 Å². The maximum Gasteiger partial charge on any atom is 0.329 e. The first-order valence-corrected chi connectivity index (χ1v) is 6.31. The molecule has 0 aliphatic heterocycles. The van der Waals surface area contributed by atoms with E-state index in [9.17, 15) is 9.59 Å². The molecule has 2 rings (SSSR count). The Morgan fingerprint density at radius 1 is 1.42 bits per heavy atom. The lowest BCUT2D eigenvalue weighted by molar-refractivity contribution is -0.148. The molecule has 102 valence electrons. The van der Waals surface area contributed by atoms with E-state index < -0.39 is 17.5 Å². The molecule has 1 aliphatic carbocycles. The summed E-state index contributed by atoms with van der Waals surface area (Å²) in [7, 11) is 0. The lowest BCUT2D eigenvalue weighted by atomic mass is 9.77. The molecular formula is C13H17N3O3. The van der Waals surface area contributed by atoms with Gasteiger partial charge in [0.1, 0.15) is 5.54 Å².